The lowest BCUT2D eigenvalue weighted by Gasteiger charge is -2.10. The predicted octanol–water partition coefficient (Wildman–Crippen LogP) is 3.78. The maximum Gasteiger partial charge on any atom is 0.256 e. The van der Waals surface area contributed by atoms with Crippen LogP contribution in [0.5, 0.6) is 0 Å². The maximum atomic E-state index is 13.9. The number of halogens is 2. The molecule has 3 N–H and O–H groups in total. The zero-order valence-corrected chi connectivity index (χ0v) is 13.5. The Morgan fingerprint density at radius 1 is 1.33 bits per heavy atom. The first-order valence-corrected chi connectivity index (χ1v) is 7.26. The van der Waals surface area contributed by atoms with Crippen LogP contribution in [0.2, 0.25) is 0 Å². The third-order valence-electron chi connectivity index (χ3n) is 3.01. The van der Waals surface area contributed by atoms with E-state index in [0.717, 1.165) is 10.0 Å². The van der Waals surface area contributed by atoms with E-state index < -0.39 is 5.82 Å². The fourth-order valence-corrected chi connectivity index (χ4v) is 2.31. The number of amides is 1. The zero-order valence-electron chi connectivity index (χ0n) is 11.1. The quantitative estimate of drug-likeness (QED) is 0.812. The number of benzene rings is 2. The summed E-state index contributed by atoms with van der Waals surface area (Å²) in [7, 11) is 0. The van der Waals surface area contributed by atoms with Gasteiger partial charge in [-0.15, -0.1) is 0 Å². The minimum absolute atomic E-state index is 0.0828. The van der Waals surface area contributed by atoms with Gasteiger partial charge in [0.05, 0.1) is 5.69 Å². The third kappa shape index (κ3) is 3.46. The first-order valence-electron chi connectivity index (χ1n) is 6.06. The SMILES string of the molecule is Cc1c(Br)cccc1C(=O)Nc1ccc(C(N)=S)cc1F. The molecule has 0 aliphatic heterocycles. The number of nitrogens with one attached hydrogen (secondary N) is 1. The second-order valence-electron chi connectivity index (χ2n) is 4.43. The number of rotatable bonds is 3. The Labute approximate surface area is 135 Å². The van der Waals surface area contributed by atoms with Crippen LogP contribution in [0.15, 0.2) is 40.9 Å². The molecule has 0 saturated heterocycles. The monoisotopic (exact) mass is 366 g/mol. The lowest BCUT2D eigenvalue weighted by molar-refractivity contribution is 0.102. The summed E-state index contributed by atoms with van der Waals surface area (Å²) in [4.78, 5) is 12.3. The molecule has 0 spiro atoms. The van der Waals surface area contributed by atoms with Crippen LogP contribution >= 0.6 is 28.1 Å². The van der Waals surface area contributed by atoms with Gasteiger partial charge in [-0.05, 0) is 42.8 Å². The van der Waals surface area contributed by atoms with Crippen molar-refractivity contribution >= 4 is 44.7 Å². The average molecular weight is 367 g/mol. The largest absolute Gasteiger partial charge is 0.389 e. The normalized spacial score (nSPS) is 10.2. The van der Waals surface area contributed by atoms with Crippen molar-refractivity contribution in [3.63, 3.8) is 0 Å². The third-order valence-corrected chi connectivity index (χ3v) is 4.11. The molecule has 0 aliphatic carbocycles. The lowest BCUT2D eigenvalue weighted by Crippen LogP contribution is -2.15. The molecule has 6 heteroatoms. The highest BCUT2D eigenvalue weighted by Gasteiger charge is 2.13. The van der Waals surface area contributed by atoms with E-state index >= 15 is 0 Å². The summed E-state index contributed by atoms with van der Waals surface area (Å²) in [6, 6.07) is 9.47. The Morgan fingerprint density at radius 3 is 2.67 bits per heavy atom. The van der Waals surface area contributed by atoms with Crippen LogP contribution in [0.1, 0.15) is 21.5 Å². The second-order valence-corrected chi connectivity index (χ2v) is 5.72. The standard InChI is InChI=1S/C15H12BrFN2OS/c1-8-10(3-2-4-11(8)16)15(20)19-13-6-5-9(14(18)21)7-12(13)17/h2-7H,1H3,(H2,18,21)(H,19,20). The average Bonchev–Trinajstić information content (AvgIpc) is 2.43. The highest BCUT2D eigenvalue weighted by atomic mass is 79.9. The van der Waals surface area contributed by atoms with Crippen molar-refractivity contribution in [1.29, 1.82) is 0 Å². The highest BCUT2D eigenvalue weighted by Crippen LogP contribution is 2.22. The molecule has 108 valence electrons. The van der Waals surface area contributed by atoms with E-state index in [0.29, 0.717) is 11.1 Å². The first kappa shape index (κ1) is 15.6. The van der Waals surface area contributed by atoms with E-state index in [9.17, 15) is 9.18 Å². The number of hydrogen-bond acceptors (Lipinski definition) is 2. The van der Waals surface area contributed by atoms with Gasteiger partial charge in [-0.3, -0.25) is 4.79 Å². The molecule has 21 heavy (non-hydrogen) atoms. The number of carbonyl (C=O) groups is 1. The molecular weight excluding hydrogens is 355 g/mol. The molecule has 0 heterocycles. The van der Waals surface area contributed by atoms with Gasteiger partial charge in [0.2, 0.25) is 0 Å². The predicted molar refractivity (Wildman–Crippen MR) is 89.1 cm³/mol. The van der Waals surface area contributed by atoms with Crippen LogP contribution in [0, 0.1) is 12.7 Å². The van der Waals surface area contributed by atoms with Gasteiger partial charge < -0.3 is 11.1 Å². The molecule has 0 saturated carbocycles. The number of anilines is 1. The summed E-state index contributed by atoms with van der Waals surface area (Å²) in [6.45, 7) is 1.81. The van der Waals surface area contributed by atoms with Crippen LogP contribution < -0.4 is 11.1 Å². The molecule has 0 aliphatic rings. The Bertz CT molecular complexity index is 734. The van der Waals surface area contributed by atoms with Crippen molar-refractivity contribution in [2.75, 3.05) is 5.32 Å². The van der Waals surface area contributed by atoms with Crippen LogP contribution in [0.3, 0.4) is 0 Å². The van der Waals surface area contributed by atoms with Crippen molar-refractivity contribution in [1.82, 2.24) is 0 Å². The van der Waals surface area contributed by atoms with E-state index in [1.807, 2.05) is 13.0 Å². The summed E-state index contributed by atoms with van der Waals surface area (Å²) < 4.78 is 14.7. The summed E-state index contributed by atoms with van der Waals surface area (Å²) in [6.07, 6.45) is 0. The van der Waals surface area contributed by atoms with E-state index in [1.54, 1.807) is 18.2 Å². The molecule has 3 nitrogen and oxygen atoms in total. The van der Waals surface area contributed by atoms with Gasteiger partial charge in [0.1, 0.15) is 10.8 Å². The van der Waals surface area contributed by atoms with Crippen LogP contribution in [0.25, 0.3) is 0 Å². The molecular formula is C15H12BrFN2OS. The zero-order chi connectivity index (χ0) is 15.6. The van der Waals surface area contributed by atoms with Gasteiger partial charge in [0.15, 0.2) is 0 Å². The molecule has 2 rings (SSSR count). The fraction of sp³-hybridized carbons (Fsp3) is 0.0667. The number of nitrogens with two attached hydrogens (primary N) is 1. The molecule has 0 unspecified atom stereocenters. The molecule has 0 fully saturated rings. The topological polar surface area (TPSA) is 55.1 Å². The van der Waals surface area contributed by atoms with Gasteiger partial charge in [-0.25, -0.2) is 4.39 Å². The molecule has 0 aromatic heterocycles. The minimum Gasteiger partial charge on any atom is -0.389 e. The molecule has 1 amide bonds. The lowest BCUT2D eigenvalue weighted by atomic mass is 10.1. The minimum atomic E-state index is -0.582. The number of carbonyl (C=O) groups excluding carboxylic acids is 1. The van der Waals surface area contributed by atoms with Gasteiger partial charge in [-0.2, -0.15) is 0 Å². The van der Waals surface area contributed by atoms with E-state index in [2.05, 4.69) is 21.2 Å². The van der Waals surface area contributed by atoms with Crippen molar-refractivity contribution in [2.24, 2.45) is 5.73 Å². The Kier molecular flexibility index (Phi) is 4.69. The van der Waals surface area contributed by atoms with Gasteiger partial charge in [-0.1, -0.05) is 34.2 Å². The van der Waals surface area contributed by atoms with Crippen molar-refractivity contribution in [2.45, 2.75) is 6.92 Å². The van der Waals surface area contributed by atoms with E-state index in [-0.39, 0.29) is 16.6 Å². The fourth-order valence-electron chi connectivity index (χ4n) is 1.81. The molecule has 2 aromatic carbocycles. The Balaban J connectivity index is 2.28. The maximum absolute atomic E-state index is 13.9. The summed E-state index contributed by atoms with van der Waals surface area (Å²) in [5.41, 5.74) is 7.19. The van der Waals surface area contributed by atoms with Crippen LogP contribution in [-0.4, -0.2) is 10.9 Å². The number of hydrogen-bond donors (Lipinski definition) is 2. The highest BCUT2D eigenvalue weighted by molar-refractivity contribution is 9.10. The molecule has 0 radical (unpaired) electrons. The van der Waals surface area contributed by atoms with Crippen LogP contribution in [-0.2, 0) is 0 Å². The Morgan fingerprint density at radius 2 is 2.05 bits per heavy atom. The van der Waals surface area contributed by atoms with Gasteiger partial charge >= 0.3 is 0 Å². The smallest absolute Gasteiger partial charge is 0.256 e. The van der Waals surface area contributed by atoms with Crippen LogP contribution in [0.4, 0.5) is 10.1 Å². The van der Waals surface area contributed by atoms with E-state index in [1.165, 1.54) is 12.1 Å². The first-order chi connectivity index (χ1) is 9.90. The number of thiocarbonyl (C=S) groups is 1. The van der Waals surface area contributed by atoms with E-state index in [4.69, 9.17) is 18.0 Å². The second kappa shape index (κ2) is 6.32. The molecule has 0 atom stereocenters. The van der Waals surface area contributed by atoms with Crippen molar-refractivity contribution in [3.8, 4) is 0 Å². The Hall–Kier alpha value is -1.79. The summed E-state index contributed by atoms with van der Waals surface area (Å²) >= 11 is 8.14. The van der Waals surface area contributed by atoms with Crippen molar-refractivity contribution in [3.05, 3.63) is 63.4 Å². The van der Waals surface area contributed by atoms with Crippen molar-refractivity contribution < 1.29 is 9.18 Å². The molecule has 0 bridgehead atoms. The van der Waals surface area contributed by atoms with Gasteiger partial charge in [0.25, 0.3) is 5.91 Å². The molecule has 2 aromatic rings. The van der Waals surface area contributed by atoms with Gasteiger partial charge in [0, 0.05) is 15.6 Å². The summed E-state index contributed by atoms with van der Waals surface area (Å²) in [5.74, 6) is -0.961. The summed E-state index contributed by atoms with van der Waals surface area (Å²) in [5, 5.41) is 2.54.